The SMILES string of the molecule is CCC(CNC(=NC)NC1CCCC1)c1ccccc1.I. The molecule has 1 aliphatic rings. The predicted octanol–water partition coefficient (Wildman–Crippen LogP) is 3.91. The number of hydrogen-bond donors (Lipinski definition) is 2. The lowest BCUT2D eigenvalue weighted by Crippen LogP contribution is -2.43. The summed E-state index contributed by atoms with van der Waals surface area (Å²) in [6.07, 6.45) is 6.37. The van der Waals surface area contributed by atoms with Crippen molar-refractivity contribution in [2.24, 2.45) is 4.99 Å². The number of nitrogens with one attached hydrogen (secondary N) is 2. The molecule has 4 heteroatoms. The largest absolute Gasteiger partial charge is 0.356 e. The molecule has 3 nitrogen and oxygen atoms in total. The van der Waals surface area contributed by atoms with Crippen molar-refractivity contribution in [1.29, 1.82) is 0 Å². The van der Waals surface area contributed by atoms with Crippen LogP contribution in [-0.2, 0) is 0 Å². The Labute approximate surface area is 146 Å². The topological polar surface area (TPSA) is 36.4 Å². The van der Waals surface area contributed by atoms with Crippen LogP contribution >= 0.6 is 24.0 Å². The maximum Gasteiger partial charge on any atom is 0.191 e. The minimum Gasteiger partial charge on any atom is -0.356 e. The van der Waals surface area contributed by atoms with Gasteiger partial charge < -0.3 is 10.6 Å². The van der Waals surface area contributed by atoms with Crippen molar-refractivity contribution in [3.63, 3.8) is 0 Å². The lowest BCUT2D eigenvalue weighted by molar-refractivity contribution is 0.591. The average Bonchev–Trinajstić information content (AvgIpc) is 3.00. The highest BCUT2D eigenvalue weighted by molar-refractivity contribution is 14.0. The Balaban J connectivity index is 0.00000220. The molecule has 0 heterocycles. The molecule has 21 heavy (non-hydrogen) atoms. The summed E-state index contributed by atoms with van der Waals surface area (Å²) in [6, 6.07) is 11.3. The van der Waals surface area contributed by atoms with Gasteiger partial charge in [0.2, 0.25) is 0 Å². The zero-order valence-corrected chi connectivity index (χ0v) is 15.5. The summed E-state index contributed by atoms with van der Waals surface area (Å²) in [5.41, 5.74) is 1.40. The fourth-order valence-electron chi connectivity index (χ4n) is 2.90. The first-order valence-electron chi connectivity index (χ1n) is 7.85. The van der Waals surface area contributed by atoms with Gasteiger partial charge in [-0.1, -0.05) is 50.1 Å². The molecule has 1 unspecified atom stereocenters. The molecule has 0 radical (unpaired) electrons. The number of aliphatic imine (C=N–C) groups is 1. The normalized spacial score (nSPS) is 17.1. The van der Waals surface area contributed by atoms with E-state index in [-0.39, 0.29) is 24.0 Å². The van der Waals surface area contributed by atoms with Crippen molar-refractivity contribution in [2.75, 3.05) is 13.6 Å². The van der Waals surface area contributed by atoms with Gasteiger partial charge in [-0.2, -0.15) is 0 Å². The summed E-state index contributed by atoms with van der Waals surface area (Å²) < 4.78 is 0. The van der Waals surface area contributed by atoms with Crippen molar-refractivity contribution in [1.82, 2.24) is 10.6 Å². The third-order valence-electron chi connectivity index (χ3n) is 4.20. The summed E-state index contributed by atoms with van der Waals surface area (Å²) in [4.78, 5) is 4.35. The molecular weight excluding hydrogens is 373 g/mol. The monoisotopic (exact) mass is 401 g/mol. The van der Waals surface area contributed by atoms with E-state index in [0.29, 0.717) is 12.0 Å². The van der Waals surface area contributed by atoms with Crippen LogP contribution in [0.2, 0.25) is 0 Å². The van der Waals surface area contributed by atoms with E-state index in [1.54, 1.807) is 0 Å². The van der Waals surface area contributed by atoms with Gasteiger partial charge in [0.1, 0.15) is 0 Å². The average molecular weight is 401 g/mol. The Hall–Kier alpha value is -0.780. The van der Waals surface area contributed by atoms with Crippen LogP contribution in [0.4, 0.5) is 0 Å². The van der Waals surface area contributed by atoms with E-state index in [1.807, 2.05) is 7.05 Å². The number of halogens is 1. The first kappa shape index (κ1) is 18.3. The highest BCUT2D eigenvalue weighted by Crippen LogP contribution is 2.19. The van der Waals surface area contributed by atoms with Crippen molar-refractivity contribution >= 4 is 29.9 Å². The zero-order chi connectivity index (χ0) is 14.2. The molecule has 0 aromatic heterocycles. The summed E-state index contributed by atoms with van der Waals surface area (Å²) in [5.74, 6) is 1.49. The highest BCUT2D eigenvalue weighted by atomic mass is 127. The minimum absolute atomic E-state index is 0. The second-order valence-electron chi connectivity index (χ2n) is 5.59. The van der Waals surface area contributed by atoms with Gasteiger partial charge in [-0.05, 0) is 24.8 Å². The lowest BCUT2D eigenvalue weighted by atomic mass is 9.97. The van der Waals surface area contributed by atoms with Gasteiger partial charge in [-0.25, -0.2) is 0 Å². The molecule has 1 saturated carbocycles. The fraction of sp³-hybridized carbons (Fsp3) is 0.588. The molecule has 0 aliphatic heterocycles. The van der Waals surface area contributed by atoms with Gasteiger partial charge in [0.25, 0.3) is 0 Å². The molecule has 1 aliphatic carbocycles. The van der Waals surface area contributed by atoms with Crippen molar-refractivity contribution < 1.29 is 0 Å². The zero-order valence-electron chi connectivity index (χ0n) is 13.1. The van der Waals surface area contributed by atoms with E-state index in [0.717, 1.165) is 18.9 Å². The minimum atomic E-state index is 0. The molecule has 2 rings (SSSR count). The van der Waals surface area contributed by atoms with E-state index in [4.69, 9.17) is 0 Å². The maximum atomic E-state index is 4.35. The summed E-state index contributed by atoms with van der Waals surface area (Å²) in [7, 11) is 1.85. The second kappa shape index (κ2) is 10.0. The van der Waals surface area contributed by atoms with Crippen LogP contribution in [0, 0.1) is 0 Å². The van der Waals surface area contributed by atoms with Crippen molar-refractivity contribution in [3.05, 3.63) is 35.9 Å². The molecule has 1 aromatic rings. The van der Waals surface area contributed by atoms with Gasteiger partial charge in [0.15, 0.2) is 5.96 Å². The Bertz CT molecular complexity index is 413. The smallest absolute Gasteiger partial charge is 0.191 e. The van der Waals surface area contributed by atoms with E-state index in [9.17, 15) is 0 Å². The van der Waals surface area contributed by atoms with Gasteiger partial charge in [-0.15, -0.1) is 24.0 Å². The van der Waals surface area contributed by atoms with Crippen LogP contribution < -0.4 is 10.6 Å². The van der Waals surface area contributed by atoms with E-state index in [1.165, 1.54) is 31.2 Å². The van der Waals surface area contributed by atoms with Gasteiger partial charge in [0, 0.05) is 25.6 Å². The second-order valence-corrected chi connectivity index (χ2v) is 5.59. The first-order valence-corrected chi connectivity index (χ1v) is 7.85. The standard InChI is InChI=1S/C17H27N3.HI/c1-3-14(15-9-5-4-6-10-15)13-19-17(18-2)20-16-11-7-8-12-16;/h4-6,9-10,14,16H,3,7-8,11-13H2,1-2H3,(H2,18,19,20);1H. The van der Waals surface area contributed by atoms with E-state index >= 15 is 0 Å². The molecule has 0 spiro atoms. The Kier molecular flexibility index (Phi) is 8.73. The number of guanidine groups is 1. The third-order valence-corrected chi connectivity index (χ3v) is 4.20. The van der Waals surface area contributed by atoms with Crippen molar-refractivity contribution in [3.8, 4) is 0 Å². The summed E-state index contributed by atoms with van der Waals surface area (Å²) in [5, 5.41) is 7.02. The maximum absolute atomic E-state index is 4.35. The molecule has 118 valence electrons. The van der Waals surface area contributed by atoms with Gasteiger partial charge in [0.05, 0.1) is 0 Å². The number of benzene rings is 1. The fourth-order valence-corrected chi connectivity index (χ4v) is 2.90. The Morgan fingerprint density at radius 1 is 1.24 bits per heavy atom. The van der Waals surface area contributed by atoms with Crippen LogP contribution in [-0.4, -0.2) is 25.6 Å². The molecule has 2 N–H and O–H groups in total. The third kappa shape index (κ3) is 5.85. The quantitative estimate of drug-likeness (QED) is 0.446. The van der Waals surface area contributed by atoms with Crippen LogP contribution in [0.25, 0.3) is 0 Å². The molecule has 0 saturated heterocycles. The predicted molar refractivity (Wildman–Crippen MR) is 102 cm³/mol. The summed E-state index contributed by atoms with van der Waals surface area (Å²) >= 11 is 0. The van der Waals surface area contributed by atoms with Crippen LogP contribution in [0.1, 0.15) is 50.5 Å². The van der Waals surface area contributed by atoms with Crippen LogP contribution in [0.3, 0.4) is 0 Å². The molecule has 1 atom stereocenters. The lowest BCUT2D eigenvalue weighted by Gasteiger charge is -2.20. The number of rotatable bonds is 5. The molecular formula is C17H28IN3. The van der Waals surface area contributed by atoms with E-state index in [2.05, 4.69) is 52.9 Å². The van der Waals surface area contributed by atoms with Crippen molar-refractivity contribution in [2.45, 2.75) is 51.0 Å². The van der Waals surface area contributed by atoms with E-state index < -0.39 is 0 Å². The Morgan fingerprint density at radius 2 is 1.90 bits per heavy atom. The van der Waals surface area contributed by atoms with Crippen LogP contribution in [0.15, 0.2) is 35.3 Å². The molecule has 0 amide bonds. The molecule has 1 fully saturated rings. The summed E-state index contributed by atoms with van der Waals surface area (Å²) in [6.45, 7) is 3.18. The van der Waals surface area contributed by atoms with Crippen LogP contribution in [0.5, 0.6) is 0 Å². The van der Waals surface area contributed by atoms with Gasteiger partial charge in [-0.3, -0.25) is 4.99 Å². The number of hydrogen-bond acceptors (Lipinski definition) is 1. The molecule has 1 aromatic carbocycles. The Morgan fingerprint density at radius 3 is 2.48 bits per heavy atom. The first-order chi connectivity index (χ1) is 9.83. The number of nitrogens with zero attached hydrogens (tertiary/aromatic N) is 1. The molecule has 0 bridgehead atoms. The highest BCUT2D eigenvalue weighted by Gasteiger charge is 2.16. The van der Waals surface area contributed by atoms with Gasteiger partial charge >= 0.3 is 0 Å².